The van der Waals surface area contributed by atoms with Gasteiger partial charge in [0, 0.05) is 0 Å². The molecule has 6 heteroatoms. The van der Waals surface area contributed by atoms with E-state index in [4.69, 9.17) is 4.74 Å². The van der Waals surface area contributed by atoms with Crippen molar-refractivity contribution in [2.75, 3.05) is 0 Å². The number of H-pyrrole nitrogens is 1. The molecule has 5 nitrogen and oxygen atoms in total. The van der Waals surface area contributed by atoms with Crippen molar-refractivity contribution in [1.82, 2.24) is 20.2 Å². The van der Waals surface area contributed by atoms with Crippen LogP contribution in [0.2, 0.25) is 0 Å². The molecule has 15 heavy (non-hydrogen) atoms. The molecule has 0 saturated carbocycles. The first kappa shape index (κ1) is 9.57. The third-order valence-corrected chi connectivity index (χ3v) is 1.71. The van der Waals surface area contributed by atoms with Crippen LogP contribution in [0.5, 0.6) is 5.75 Å². The third kappa shape index (κ3) is 2.49. The highest BCUT2D eigenvalue weighted by molar-refractivity contribution is 5.16. The summed E-state index contributed by atoms with van der Waals surface area (Å²) in [5.41, 5.74) is 0. The monoisotopic (exact) mass is 208 g/mol. The number of halogens is 1. The lowest BCUT2D eigenvalue weighted by Crippen LogP contribution is -1.98. The Morgan fingerprint density at radius 1 is 1.47 bits per heavy atom. The number of aryl methyl sites for hydroxylation is 1. The molecule has 0 aliphatic carbocycles. The Hall–Kier alpha value is -1.98. The van der Waals surface area contributed by atoms with E-state index in [0.717, 1.165) is 5.82 Å². The summed E-state index contributed by atoms with van der Waals surface area (Å²) >= 11 is 0. The molecule has 0 aromatic carbocycles. The van der Waals surface area contributed by atoms with Crippen molar-refractivity contribution in [3.05, 3.63) is 35.9 Å². The summed E-state index contributed by atoms with van der Waals surface area (Å²) in [7, 11) is 0. The van der Waals surface area contributed by atoms with Gasteiger partial charge in [-0.15, -0.1) is 0 Å². The second-order valence-corrected chi connectivity index (χ2v) is 2.94. The van der Waals surface area contributed by atoms with E-state index < -0.39 is 5.95 Å². The van der Waals surface area contributed by atoms with Gasteiger partial charge in [-0.05, 0) is 19.1 Å². The van der Waals surface area contributed by atoms with E-state index in [2.05, 4.69) is 20.2 Å². The van der Waals surface area contributed by atoms with Crippen molar-refractivity contribution in [2.24, 2.45) is 0 Å². The normalized spacial score (nSPS) is 10.3. The van der Waals surface area contributed by atoms with Gasteiger partial charge in [0.25, 0.3) is 0 Å². The van der Waals surface area contributed by atoms with E-state index in [-0.39, 0.29) is 6.61 Å². The number of aromatic nitrogens is 4. The minimum Gasteiger partial charge on any atom is -0.484 e. The first-order valence-electron chi connectivity index (χ1n) is 4.36. The van der Waals surface area contributed by atoms with Gasteiger partial charge >= 0.3 is 0 Å². The molecular weight excluding hydrogens is 199 g/mol. The summed E-state index contributed by atoms with van der Waals surface area (Å²) in [6.45, 7) is 2.04. The number of hydrogen-bond acceptors (Lipinski definition) is 4. The molecule has 78 valence electrons. The lowest BCUT2D eigenvalue weighted by molar-refractivity contribution is 0.294. The summed E-state index contributed by atoms with van der Waals surface area (Å²) in [6, 6.07) is 2.74. The average molecular weight is 208 g/mol. The van der Waals surface area contributed by atoms with Crippen LogP contribution < -0.4 is 4.74 Å². The van der Waals surface area contributed by atoms with Crippen LogP contribution in [0.15, 0.2) is 18.3 Å². The van der Waals surface area contributed by atoms with Gasteiger partial charge in [0.15, 0.2) is 5.82 Å². The zero-order valence-corrected chi connectivity index (χ0v) is 8.07. The minimum atomic E-state index is -0.531. The molecule has 0 spiro atoms. The molecule has 0 aliphatic heterocycles. The van der Waals surface area contributed by atoms with Gasteiger partial charge in [0.2, 0.25) is 5.95 Å². The van der Waals surface area contributed by atoms with Gasteiger partial charge in [-0.2, -0.15) is 9.49 Å². The Morgan fingerprint density at radius 3 is 2.93 bits per heavy atom. The molecule has 0 amide bonds. The van der Waals surface area contributed by atoms with E-state index in [0.29, 0.717) is 11.6 Å². The van der Waals surface area contributed by atoms with Crippen LogP contribution in [0.3, 0.4) is 0 Å². The number of nitrogens with zero attached hydrogens (tertiary/aromatic N) is 3. The van der Waals surface area contributed by atoms with Crippen LogP contribution in [-0.4, -0.2) is 20.2 Å². The summed E-state index contributed by atoms with van der Waals surface area (Å²) in [5, 5.41) is 6.59. The van der Waals surface area contributed by atoms with Crippen molar-refractivity contribution in [1.29, 1.82) is 0 Å². The van der Waals surface area contributed by atoms with Crippen LogP contribution >= 0.6 is 0 Å². The zero-order valence-electron chi connectivity index (χ0n) is 8.07. The molecule has 0 atom stereocenters. The second-order valence-electron chi connectivity index (χ2n) is 2.94. The van der Waals surface area contributed by atoms with Gasteiger partial charge in [0.1, 0.15) is 18.2 Å². The van der Waals surface area contributed by atoms with Gasteiger partial charge < -0.3 is 4.74 Å². The van der Waals surface area contributed by atoms with E-state index in [1.807, 2.05) is 0 Å². The fourth-order valence-electron chi connectivity index (χ4n) is 1.05. The van der Waals surface area contributed by atoms with Crippen LogP contribution in [0, 0.1) is 12.9 Å². The molecule has 0 aliphatic rings. The van der Waals surface area contributed by atoms with Gasteiger partial charge in [-0.25, -0.2) is 9.97 Å². The minimum absolute atomic E-state index is 0.234. The van der Waals surface area contributed by atoms with Gasteiger partial charge in [-0.1, -0.05) is 0 Å². The lowest BCUT2D eigenvalue weighted by Gasteiger charge is -2.01. The molecule has 0 radical (unpaired) electrons. The van der Waals surface area contributed by atoms with E-state index in [9.17, 15) is 4.39 Å². The highest BCUT2D eigenvalue weighted by Crippen LogP contribution is 2.09. The van der Waals surface area contributed by atoms with Crippen LogP contribution in [0.4, 0.5) is 4.39 Å². The van der Waals surface area contributed by atoms with Crippen molar-refractivity contribution in [3.8, 4) is 5.75 Å². The van der Waals surface area contributed by atoms with Crippen molar-refractivity contribution in [3.63, 3.8) is 0 Å². The SMILES string of the molecule is Cc1nc(COc2ccc(F)nc2)n[nH]1. The van der Waals surface area contributed by atoms with E-state index in [1.54, 1.807) is 6.92 Å². The molecule has 0 unspecified atom stereocenters. The maximum absolute atomic E-state index is 12.5. The van der Waals surface area contributed by atoms with Crippen LogP contribution in [0.1, 0.15) is 11.6 Å². The van der Waals surface area contributed by atoms with Crippen molar-refractivity contribution >= 4 is 0 Å². The maximum atomic E-state index is 12.5. The fourth-order valence-corrected chi connectivity index (χ4v) is 1.05. The maximum Gasteiger partial charge on any atom is 0.213 e. The van der Waals surface area contributed by atoms with Crippen LogP contribution in [-0.2, 0) is 6.61 Å². The van der Waals surface area contributed by atoms with E-state index >= 15 is 0 Å². The standard InChI is InChI=1S/C9H9FN4O/c1-6-12-9(14-13-6)5-15-7-2-3-8(10)11-4-7/h2-4H,5H2,1H3,(H,12,13,14). The molecule has 2 heterocycles. The summed E-state index contributed by atoms with van der Waals surface area (Å²) in [5.74, 6) is 1.23. The van der Waals surface area contributed by atoms with E-state index in [1.165, 1.54) is 18.3 Å². The fraction of sp³-hybridized carbons (Fsp3) is 0.222. The van der Waals surface area contributed by atoms with Gasteiger partial charge in [-0.3, -0.25) is 5.10 Å². The smallest absolute Gasteiger partial charge is 0.213 e. The predicted molar refractivity (Wildman–Crippen MR) is 49.6 cm³/mol. The zero-order chi connectivity index (χ0) is 10.7. The Bertz CT molecular complexity index is 440. The predicted octanol–water partition coefficient (Wildman–Crippen LogP) is 1.23. The Balaban J connectivity index is 1.96. The van der Waals surface area contributed by atoms with Crippen LogP contribution in [0.25, 0.3) is 0 Å². The number of pyridine rings is 1. The summed E-state index contributed by atoms with van der Waals surface area (Å²) < 4.78 is 17.7. The number of nitrogens with one attached hydrogen (secondary N) is 1. The Kier molecular flexibility index (Phi) is 2.57. The molecule has 2 aromatic rings. The number of hydrogen-bond donors (Lipinski definition) is 1. The molecule has 0 fully saturated rings. The van der Waals surface area contributed by atoms with Crippen molar-refractivity contribution < 1.29 is 9.13 Å². The Morgan fingerprint density at radius 2 is 2.33 bits per heavy atom. The number of aromatic amines is 1. The Labute approximate surface area is 85.3 Å². The molecule has 1 N–H and O–H groups in total. The topological polar surface area (TPSA) is 63.7 Å². The molecule has 2 rings (SSSR count). The highest BCUT2D eigenvalue weighted by Gasteiger charge is 2.01. The summed E-state index contributed by atoms with van der Waals surface area (Å²) in [6.07, 6.45) is 1.31. The quantitative estimate of drug-likeness (QED) is 0.770. The second kappa shape index (κ2) is 4.04. The number of rotatable bonds is 3. The van der Waals surface area contributed by atoms with Crippen molar-refractivity contribution in [2.45, 2.75) is 13.5 Å². The van der Waals surface area contributed by atoms with Gasteiger partial charge in [0.05, 0.1) is 6.20 Å². The average Bonchev–Trinajstić information content (AvgIpc) is 2.64. The molecule has 0 bridgehead atoms. The lowest BCUT2D eigenvalue weighted by atomic mass is 10.4. The molecule has 2 aromatic heterocycles. The largest absolute Gasteiger partial charge is 0.484 e. The highest BCUT2D eigenvalue weighted by atomic mass is 19.1. The summed E-state index contributed by atoms with van der Waals surface area (Å²) in [4.78, 5) is 7.51. The first-order valence-corrected chi connectivity index (χ1v) is 4.36. The molecular formula is C9H9FN4O. The third-order valence-electron chi connectivity index (χ3n) is 1.71. The molecule has 0 saturated heterocycles. The number of ether oxygens (including phenoxy) is 1. The first-order chi connectivity index (χ1) is 7.24.